The number of aromatic amines is 1. The van der Waals surface area contributed by atoms with E-state index < -0.39 is 5.91 Å². The number of amides is 1. The van der Waals surface area contributed by atoms with Crippen LogP contribution in [0.1, 0.15) is 10.4 Å². The second-order valence-corrected chi connectivity index (χ2v) is 9.62. The third-order valence-electron chi connectivity index (χ3n) is 6.80. The quantitative estimate of drug-likeness (QED) is 0.265. The molecule has 0 aliphatic rings. The number of carbonyl (C=O) groups excluding carboxylic acids is 1. The Bertz CT molecular complexity index is 1830. The number of benzene rings is 4. The van der Waals surface area contributed by atoms with Gasteiger partial charge >= 0.3 is 0 Å². The molecule has 0 radical (unpaired) electrons. The molecule has 0 atom stereocenters. The average molecular weight is 507 g/mol. The van der Waals surface area contributed by atoms with Crippen LogP contribution < -0.4 is 11.1 Å². The smallest absolute Gasteiger partial charge is 0.250 e. The molecule has 0 aliphatic carbocycles. The van der Waals surface area contributed by atoms with E-state index in [1.165, 1.54) is 12.1 Å². The van der Waals surface area contributed by atoms with E-state index in [0.29, 0.717) is 34.7 Å². The number of nitrogens with two attached hydrogens (primary N) is 1. The van der Waals surface area contributed by atoms with Crippen LogP contribution in [-0.4, -0.2) is 52.5 Å². The molecule has 0 saturated carbocycles. The van der Waals surface area contributed by atoms with Crippen LogP contribution in [-0.2, 0) is 0 Å². The number of nitrogens with one attached hydrogen (secondary N) is 2. The predicted molar refractivity (Wildman–Crippen MR) is 151 cm³/mol. The summed E-state index contributed by atoms with van der Waals surface area (Å²) in [5.74, 6) is -0.110. The summed E-state index contributed by atoms with van der Waals surface area (Å²) < 4.78 is 16.0. The number of anilines is 1. The van der Waals surface area contributed by atoms with Gasteiger partial charge in [0.15, 0.2) is 0 Å². The highest BCUT2D eigenvalue weighted by Gasteiger charge is 2.19. The third kappa shape index (κ3) is 4.05. The molecule has 4 aromatic carbocycles. The lowest BCUT2D eigenvalue weighted by molar-refractivity contribution is 0.100. The van der Waals surface area contributed by atoms with Gasteiger partial charge in [-0.15, -0.1) is 0 Å². The number of fused-ring (bicyclic) bond motifs is 4. The van der Waals surface area contributed by atoms with Crippen LogP contribution in [0.2, 0.25) is 0 Å². The van der Waals surface area contributed by atoms with Gasteiger partial charge in [-0.3, -0.25) is 4.79 Å². The largest absolute Gasteiger partial charge is 0.383 e. The van der Waals surface area contributed by atoms with Crippen molar-refractivity contribution in [1.82, 2.24) is 19.4 Å². The lowest BCUT2D eigenvalue weighted by Gasteiger charge is -2.16. The lowest BCUT2D eigenvalue weighted by Crippen LogP contribution is -2.22. The molecule has 0 bridgehead atoms. The van der Waals surface area contributed by atoms with Gasteiger partial charge < -0.3 is 25.5 Å². The monoisotopic (exact) mass is 506 g/mol. The van der Waals surface area contributed by atoms with Crippen molar-refractivity contribution in [3.63, 3.8) is 0 Å². The molecule has 6 aromatic rings. The van der Waals surface area contributed by atoms with E-state index in [1.54, 1.807) is 12.1 Å². The topological polar surface area (TPSA) is 92.0 Å². The van der Waals surface area contributed by atoms with E-state index in [2.05, 4.69) is 38.0 Å². The van der Waals surface area contributed by atoms with Crippen molar-refractivity contribution in [3.05, 3.63) is 90.2 Å². The maximum absolute atomic E-state index is 13.8. The van der Waals surface area contributed by atoms with Gasteiger partial charge in [-0.2, -0.15) is 0 Å². The summed E-state index contributed by atoms with van der Waals surface area (Å²) in [6.07, 6.45) is 0. The molecule has 38 heavy (non-hydrogen) atoms. The van der Waals surface area contributed by atoms with Gasteiger partial charge in [-0.05, 0) is 62.6 Å². The Morgan fingerprint density at radius 2 is 1.84 bits per heavy atom. The summed E-state index contributed by atoms with van der Waals surface area (Å²) in [7, 11) is 4.00. The summed E-state index contributed by atoms with van der Waals surface area (Å²) >= 11 is 0. The van der Waals surface area contributed by atoms with Gasteiger partial charge in [0.2, 0.25) is 0 Å². The summed E-state index contributed by atoms with van der Waals surface area (Å²) in [6.45, 7) is 1.48. The number of H-pyrrole nitrogens is 1. The van der Waals surface area contributed by atoms with Gasteiger partial charge in [-0.1, -0.05) is 30.3 Å². The Morgan fingerprint density at radius 3 is 2.66 bits per heavy atom. The molecule has 8 heteroatoms. The molecule has 0 fully saturated rings. The molecule has 2 aromatic heterocycles. The van der Waals surface area contributed by atoms with E-state index in [0.717, 1.165) is 39.6 Å². The Kier molecular flexibility index (Phi) is 5.81. The molecule has 1 amide bonds. The minimum atomic E-state index is -0.477. The fourth-order valence-corrected chi connectivity index (χ4v) is 5.05. The van der Waals surface area contributed by atoms with Crippen molar-refractivity contribution in [3.8, 4) is 17.1 Å². The van der Waals surface area contributed by atoms with Crippen molar-refractivity contribution in [2.45, 2.75) is 0 Å². The number of imidazole rings is 1. The number of nitrogens with zero attached hydrogens (tertiary/aromatic N) is 3. The number of primary amides is 1. The molecule has 2 heterocycles. The first kappa shape index (κ1) is 23.7. The zero-order valence-corrected chi connectivity index (χ0v) is 21.1. The van der Waals surface area contributed by atoms with Crippen LogP contribution >= 0.6 is 0 Å². The molecule has 0 aliphatic heterocycles. The molecule has 0 saturated heterocycles. The lowest BCUT2D eigenvalue weighted by atomic mass is 10.1. The van der Waals surface area contributed by atoms with E-state index in [-0.39, 0.29) is 5.82 Å². The summed E-state index contributed by atoms with van der Waals surface area (Å²) in [5, 5.41) is 5.47. The van der Waals surface area contributed by atoms with Crippen LogP contribution in [0.5, 0.6) is 0 Å². The second-order valence-electron chi connectivity index (χ2n) is 9.62. The third-order valence-corrected chi connectivity index (χ3v) is 6.80. The van der Waals surface area contributed by atoms with Crippen LogP contribution in [0.3, 0.4) is 0 Å². The number of para-hydroxylation sites is 1. The molecule has 190 valence electrons. The highest BCUT2D eigenvalue weighted by Crippen LogP contribution is 2.38. The summed E-state index contributed by atoms with van der Waals surface area (Å²) in [4.78, 5) is 22.3. The average Bonchev–Trinajstić information content (AvgIpc) is 3.47. The maximum atomic E-state index is 13.8. The first-order chi connectivity index (χ1) is 18.4. The fourth-order valence-electron chi connectivity index (χ4n) is 5.05. The Balaban J connectivity index is 1.57. The highest BCUT2D eigenvalue weighted by molar-refractivity contribution is 6.15. The molecule has 7 nitrogen and oxygen atoms in total. The van der Waals surface area contributed by atoms with Crippen LogP contribution in [0.15, 0.2) is 78.9 Å². The number of halogens is 1. The van der Waals surface area contributed by atoms with Crippen molar-refractivity contribution in [2.75, 3.05) is 32.5 Å². The minimum absolute atomic E-state index is 0.308. The minimum Gasteiger partial charge on any atom is -0.383 e. The number of hydrogen-bond donors (Lipinski definition) is 3. The number of carbonyl (C=O) groups is 1. The molecule has 4 N–H and O–H groups in total. The first-order valence-corrected chi connectivity index (χ1v) is 12.4. The van der Waals surface area contributed by atoms with Crippen LogP contribution in [0.25, 0.3) is 49.9 Å². The van der Waals surface area contributed by atoms with Crippen LogP contribution in [0.4, 0.5) is 10.1 Å². The molecule has 0 unspecified atom stereocenters. The van der Waals surface area contributed by atoms with Crippen molar-refractivity contribution in [1.29, 1.82) is 0 Å². The van der Waals surface area contributed by atoms with Gasteiger partial charge in [0, 0.05) is 40.8 Å². The van der Waals surface area contributed by atoms with Crippen LogP contribution in [0, 0.1) is 5.82 Å². The molecule has 6 rings (SSSR count). The number of rotatable bonds is 7. The molecular weight excluding hydrogens is 479 g/mol. The number of aromatic nitrogens is 3. The normalized spacial score (nSPS) is 11.7. The van der Waals surface area contributed by atoms with E-state index in [4.69, 9.17) is 10.7 Å². The fraction of sp³-hybridized carbons (Fsp3) is 0.133. The number of hydrogen-bond acceptors (Lipinski definition) is 4. The maximum Gasteiger partial charge on any atom is 0.250 e. The number of likely N-dealkylation sites (N-methyl/N-ethyl adjacent to an activating group) is 1. The standard InChI is InChI=1S/C30H27FN6O/c1-36(2)15-14-33-24-17-19(11-12-20(24)29(32)38)37-26-8-4-3-6-21(26)28-22(7-5-9-27(28)37)30-34-23-13-10-18(31)16-25(23)35-30/h3-13,16-17,33H,14-15H2,1-2H3,(H2,32,38)(H,34,35). The Hall–Kier alpha value is -4.69. The van der Waals surface area contributed by atoms with E-state index in [9.17, 15) is 9.18 Å². The van der Waals surface area contributed by atoms with E-state index in [1.807, 2.05) is 50.5 Å². The van der Waals surface area contributed by atoms with Gasteiger partial charge in [0.1, 0.15) is 11.6 Å². The van der Waals surface area contributed by atoms with Gasteiger partial charge in [0.25, 0.3) is 5.91 Å². The van der Waals surface area contributed by atoms with Gasteiger partial charge in [-0.25, -0.2) is 9.37 Å². The first-order valence-electron chi connectivity index (χ1n) is 12.4. The zero-order chi connectivity index (χ0) is 26.4. The Morgan fingerprint density at radius 1 is 1.03 bits per heavy atom. The van der Waals surface area contributed by atoms with Crippen molar-refractivity contribution < 1.29 is 9.18 Å². The van der Waals surface area contributed by atoms with Crippen molar-refractivity contribution >= 4 is 44.4 Å². The van der Waals surface area contributed by atoms with Crippen molar-refractivity contribution in [2.24, 2.45) is 5.73 Å². The molecule has 0 spiro atoms. The summed E-state index contributed by atoms with van der Waals surface area (Å²) in [5.41, 5.74) is 12.0. The second kappa shape index (κ2) is 9.32. The van der Waals surface area contributed by atoms with E-state index >= 15 is 0 Å². The summed E-state index contributed by atoms with van der Waals surface area (Å²) in [6, 6.07) is 24.5. The SMILES string of the molecule is CN(C)CCNc1cc(-n2c3ccccc3c3c(-c4nc5ccc(F)cc5[nH]4)cccc32)ccc1C(N)=O. The Labute approximate surface area is 218 Å². The predicted octanol–water partition coefficient (Wildman–Crippen LogP) is 5.54. The van der Waals surface area contributed by atoms with Gasteiger partial charge in [0.05, 0.1) is 27.6 Å². The molecular formula is C30H27FN6O. The zero-order valence-electron chi connectivity index (χ0n) is 21.1. The highest BCUT2D eigenvalue weighted by atomic mass is 19.1.